The molecular weight excluding hydrogens is 252 g/mol. The van der Waals surface area contributed by atoms with Gasteiger partial charge in [0.05, 0.1) is 4.99 Å². The number of nitrogens with two attached hydrogens (primary N) is 1. The molecule has 1 atom stereocenters. The lowest BCUT2D eigenvalue weighted by Crippen LogP contribution is -2.46. The number of benzene rings is 1. The van der Waals surface area contributed by atoms with E-state index in [1.54, 1.807) is 5.56 Å². The van der Waals surface area contributed by atoms with Crippen molar-refractivity contribution in [2.45, 2.75) is 32.1 Å². The maximum atomic E-state index is 5.86. The van der Waals surface area contributed by atoms with Gasteiger partial charge in [0.15, 0.2) is 0 Å². The topological polar surface area (TPSA) is 29.3 Å². The molecule has 102 valence electrons. The highest BCUT2D eigenvalue weighted by Crippen LogP contribution is 2.37. The number of hydrogen-bond acceptors (Lipinski definition) is 2. The van der Waals surface area contributed by atoms with Gasteiger partial charge in [-0.2, -0.15) is 0 Å². The lowest BCUT2D eigenvalue weighted by atomic mass is 9.76. The van der Waals surface area contributed by atoms with Gasteiger partial charge in [0.1, 0.15) is 0 Å². The van der Waals surface area contributed by atoms with Crippen molar-refractivity contribution in [1.82, 2.24) is 4.90 Å². The fourth-order valence-corrected chi connectivity index (χ4v) is 3.52. The van der Waals surface area contributed by atoms with Crippen molar-refractivity contribution in [3.63, 3.8) is 0 Å². The average molecular weight is 274 g/mol. The van der Waals surface area contributed by atoms with E-state index in [0.717, 1.165) is 31.8 Å². The fraction of sp³-hybridized carbons (Fsp3) is 0.562. The molecule has 1 aliphatic carbocycles. The molecule has 1 aliphatic heterocycles. The number of likely N-dealkylation sites (tertiary alicyclic amines) is 1. The molecule has 1 saturated heterocycles. The molecule has 2 nitrogen and oxygen atoms in total. The van der Waals surface area contributed by atoms with Crippen LogP contribution >= 0.6 is 12.2 Å². The molecular formula is C16H22N2S. The van der Waals surface area contributed by atoms with Crippen LogP contribution in [0.5, 0.6) is 0 Å². The predicted octanol–water partition coefficient (Wildman–Crippen LogP) is 2.71. The number of piperidine rings is 1. The number of fused-ring (bicyclic) bond motifs is 1. The Morgan fingerprint density at radius 3 is 2.68 bits per heavy atom. The average Bonchev–Trinajstić information content (AvgIpc) is 2.38. The minimum Gasteiger partial charge on any atom is -0.393 e. The van der Waals surface area contributed by atoms with E-state index >= 15 is 0 Å². The molecule has 0 amide bonds. The van der Waals surface area contributed by atoms with Crippen LogP contribution in [0.15, 0.2) is 24.3 Å². The fourth-order valence-electron chi connectivity index (χ4n) is 3.31. The summed E-state index contributed by atoms with van der Waals surface area (Å²) in [6.07, 6.45) is 3.46. The molecule has 19 heavy (non-hydrogen) atoms. The van der Waals surface area contributed by atoms with Gasteiger partial charge >= 0.3 is 0 Å². The van der Waals surface area contributed by atoms with Gasteiger partial charge in [-0.05, 0) is 43.5 Å². The van der Waals surface area contributed by atoms with Crippen LogP contribution in [0, 0.1) is 5.41 Å². The van der Waals surface area contributed by atoms with Crippen molar-refractivity contribution >= 4 is 17.2 Å². The number of thiocarbonyl (C=S) groups is 1. The highest BCUT2D eigenvalue weighted by Gasteiger charge is 2.34. The van der Waals surface area contributed by atoms with Crippen LogP contribution < -0.4 is 5.73 Å². The zero-order valence-corrected chi connectivity index (χ0v) is 12.4. The first-order valence-electron chi connectivity index (χ1n) is 7.18. The Balaban J connectivity index is 1.56. The van der Waals surface area contributed by atoms with Crippen molar-refractivity contribution in [1.29, 1.82) is 0 Å². The number of hydrogen-bond donors (Lipinski definition) is 1. The smallest absolute Gasteiger partial charge is 0.0788 e. The molecule has 3 heteroatoms. The lowest BCUT2D eigenvalue weighted by Gasteiger charge is -2.41. The van der Waals surface area contributed by atoms with Crippen LogP contribution in [0.2, 0.25) is 0 Å². The van der Waals surface area contributed by atoms with Gasteiger partial charge in [-0.1, -0.05) is 43.4 Å². The first kappa shape index (κ1) is 13.1. The third-order valence-electron chi connectivity index (χ3n) is 4.99. The second-order valence-corrected chi connectivity index (χ2v) is 6.77. The molecule has 2 N–H and O–H groups in total. The molecule has 1 heterocycles. The Kier molecular flexibility index (Phi) is 3.35. The van der Waals surface area contributed by atoms with E-state index in [2.05, 4.69) is 36.1 Å². The summed E-state index contributed by atoms with van der Waals surface area (Å²) in [5.41, 5.74) is 9.05. The highest BCUT2D eigenvalue weighted by molar-refractivity contribution is 7.80. The monoisotopic (exact) mass is 274 g/mol. The maximum absolute atomic E-state index is 5.86. The lowest BCUT2D eigenvalue weighted by molar-refractivity contribution is 0.153. The Labute approximate surface area is 121 Å². The van der Waals surface area contributed by atoms with Gasteiger partial charge in [-0.15, -0.1) is 0 Å². The molecule has 0 spiro atoms. The molecule has 2 aliphatic rings. The van der Waals surface area contributed by atoms with Gasteiger partial charge in [0, 0.05) is 17.9 Å². The molecule has 1 aromatic carbocycles. The minimum atomic E-state index is 0.0867. The second kappa shape index (κ2) is 4.88. The van der Waals surface area contributed by atoms with E-state index in [9.17, 15) is 0 Å². The van der Waals surface area contributed by atoms with Gasteiger partial charge in [-0.25, -0.2) is 0 Å². The first-order valence-corrected chi connectivity index (χ1v) is 7.59. The van der Waals surface area contributed by atoms with Crippen molar-refractivity contribution in [2.75, 3.05) is 19.6 Å². The third kappa shape index (κ3) is 2.41. The standard InChI is InChI=1S/C16H22N2S/c1-16(15(17)19)6-8-18(9-7-16)11-13-10-12-4-2-3-5-14(12)13/h2-5,13H,6-11H2,1H3,(H2,17,19). The summed E-state index contributed by atoms with van der Waals surface area (Å²) in [6.45, 7) is 5.68. The quantitative estimate of drug-likeness (QED) is 0.859. The van der Waals surface area contributed by atoms with Crippen LogP contribution in [0.4, 0.5) is 0 Å². The number of rotatable bonds is 3. The Hall–Kier alpha value is -0.930. The SMILES string of the molecule is CC1(C(N)=S)CCN(CC2Cc3ccccc32)CC1. The molecule has 3 rings (SSSR count). The Morgan fingerprint density at radius 1 is 1.37 bits per heavy atom. The molecule has 0 aromatic heterocycles. The Bertz CT molecular complexity index is 489. The summed E-state index contributed by atoms with van der Waals surface area (Å²) in [5, 5.41) is 0. The molecule has 1 aromatic rings. The first-order chi connectivity index (χ1) is 9.08. The number of nitrogens with zero attached hydrogens (tertiary/aromatic N) is 1. The van der Waals surface area contributed by atoms with E-state index < -0.39 is 0 Å². The summed E-state index contributed by atoms with van der Waals surface area (Å²) < 4.78 is 0. The van der Waals surface area contributed by atoms with E-state index in [1.165, 1.54) is 18.5 Å². The van der Waals surface area contributed by atoms with E-state index in [1.807, 2.05) is 0 Å². The minimum absolute atomic E-state index is 0.0867. The van der Waals surface area contributed by atoms with E-state index in [-0.39, 0.29) is 5.41 Å². The largest absolute Gasteiger partial charge is 0.393 e. The predicted molar refractivity (Wildman–Crippen MR) is 83.5 cm³/mol. The zero-order chi connectivity index (χ0) is 13.5. The summed E-state index contributed by atoms with van der Waals surface area (Å²) in [7, 11) is 0. The summed E-state index contributed by atoms with van der Waals surface area (Å²) >= 11 is 5.20. The molecule has 0 bridgehead atoms. The molecule has 1 fully saturated rings. The van der Waals surface area contributed by atoms with Gasteiger partial charge in [0.2, 0.25) is 0 Å². The summed E-state index contributed by atoms with van der Waals surface area (Å²) in [4.78, 5) is 3.28. The summed E-state index contributed by atoms with van der Waals surface area (Å²) in [6, 6.07) is 8.84. The van der Waals surface area contributed by atoms with Crippen LogP contribution in [0.3, 0.4) is 0 Å². The third-order valence-corrected chi connectivity index (χ3v) is 5.49. The van der Waals surface area contributed by atoms with Crippen molar-refractivity contribution in [2.24, 2.45) is 11.1 Å². The van der Waals surface area contributed by atoms with E-state index in [0.29, 0.717) is 4.99 Å². The molecule has 1 unspecified atom stereocenters. The van der Waals surface area contributed by atoms with Crippen LogP contribution in [0.1, 0.15) is 36.8 Å². The summed E-state index contributed by atoms with van der Waals surface area (Å²) in [5.74, 6) is 0.741. The van der Waals surface area contributed by atoms with Gasteiger partial charge < -0.3 is 10.6 Å². The van der Waals surface area contributed by atoms with Crippen LogP contribution in [-0.4, -0.2) is 29.5 Å². The van der Waals surface area contributed by atoms with Crippen molar-refractivity contribution in [3.05, 3.63) is 35.4 Å². The Morgan fingerprint density at radius 2 is 2.05 bits per heavy atom. The zero-order valence-electron chi connectivity index (χ0n) is 11.6. The normalized spacial score (nSPS) is 25.4. The van der Waals surface area contributed by atoms with Gasteiger partial charge in [-0.3, -0.25) is 0 Å². The van der Waals surface area contributed by atoms with Crippen LogP contribution in [-0.2, 0) is 6.42 Å². The van der Waals surface area contributed by atoms with Crippen molar-refractivity contribution < 1.29 is 0 Å². The van der Waals surface area contributed by atoms with Crippen LogP contribution in [0.25, 0.3) is 0 Å². The highest BCUT2D eigenvalue weighted by atomic mass is 32.1. The van der Waals surface area contributed by atoms with Gasteiger partial charge in [0.25, 0.3) is 0 Å². The molecule has 0 saturated carbocycles. The van der Waals surface area contributed by atoms with Crippen molar-refractivity contribution in [3.8, 4) is 0 Å². The van der Waals surface area contributed by atoms with E-state index in [4.69, 9.17) is 18.0 Å². The maximum Gasteiger partial charge on any atom is 0.0788 e. The second-order valence-electron chi connectivity index (χ2n) is 6.33. The molecule has 0 radical (unpaired) electrons.